The lowest BCUT2D eigenvalue weighted by molar-refractivity contribution is -0.876. The van der Waals surface area contributed by atoms with Gasteiger partial charge in [0, 0.05) is 0 Å². The molecule has 4 aliphatic rings. The van der Waals surface area contributed by atoms with Gasteiger partial charge in [0.05, 0.1) is 27.2 Å². The predicted molar refractivity (Wildman–Crippen MR) is 165 cm³/mol. The van der Waals surface area contributed by atoms with Crippen molar-refractivity contribution >= 4 is 7.82 Å². The number of nitrogens with zero attached hydrogens (tertiary/aromatic N) is 1. The second kappa shape index (κ2) is 12.6. The van der Waals surface area contributed by atoms with Crippen molar-refractivity contribution in [1.29, 1.82) is 0 Å². The zero-order valence-corrected chi connectivity index (χ0v) is 28.6. The van der Waals surface area contributed by atoms with E-state index in [4.69, 9.17) is 9.26 Å². The highest BCUT2D eigenvalue weighted by Crippen LogP contribution is 2.67. The Balaban J connectivity index is 1.43. The van der Waals surface area contributed by atoms with Crippen LogP contribution in [0.5, 0.6) is 0 Å². The van der Waals surface area contributed by atoms with E-state index in [-0.39, 0.29) is 11.5 Å². The van der Waals surface area contributed by atoms with E-state index in [9.17, 15) is 14.4 Å². The standard InChI is InChI=1S/C34H62NO5P/c1-10-25(23(2)3)12-11-24(4)29-15-16-30-28-14-13-26-21-27(39-32(22-35(7,8)9)40-41(36,37)38)17-19-33(26,5)31(28)18-20-34(29,30)6/h13,23-25,27-32H,10-12,14-22H2,1-9H3,(H-,36,37,38)/t24-,25-,27+,28?,29-,30?,31?,32?,33+,34-/m1/s1. The largest absolute Gasteiger partial charge is 0.756 e. The number of phosphoric ester groups is 1. The fourth-order valence-electron chi connectivity index (χ4n) is 10.3. The molecule has 0 radical (unpaired) electrons. The zero-order chi connectivity index (χ0) is 30.4. The summed E-state index contributed by atoms with van der Waals surface area (Å²) in [4.78, 5) is 20.9. The van der Waals surface area contributed by atoms with Gasteiger partial charge >= 0.3 is 0 Å². The molecule has 0 aromatic rings. The first-order valence-corrected chi connectivity index (χ1v) is 18.3. The molecule has 0 aromatic carbocycles. The Kier molecular flexibility index (Phi) is 10.4. The highest BCUT2D eigenvalue weighted by atomic mass is 31.2. The Hall–Kier alpha value is -0.230. The van der Waals surface area contributed by atoms with Gasteiger partial charge in [-0.2, -0.15) is 0 Å². The summed E-state index contributed by atoms with van der Waals surface area (Å²) >= 11 is 0. The lowest BCUT2D eigenvalue weighted by Crippen LogP contribution is -2.51. The predicted octanol–water partition coefficient (Wildman–Crippen LogP) is 7.56. The second-order valence-electron chi connectivity index (χ2n) is 16.4. The topological polar surface area (TPSA) is 78.8 Å². The number of rotatable bonds is 12. The van der Waals surface area contributed by atoms with Gasteiger partial charge in [-0.15, -0.1) is 0 Å². The van der Waals surface area contributed by atoms with Crippen molar-refractivity contribution in [2.75, 3.05) is 27.7 Å². The Morgan fingerprint density at radius 3 is 2.39 bits per heavy atom. The molecule has 41 heavy (non-hydrogen) atoms. The maximum Gasteiger partial charge on any atom is 0.267 e. The number of allylic oxidation sites excluding steroid dienone is 1. The van der Waals surface area contributed by atoms with Crippen LogP contribution in [0, 0.1) is 52.3 Å². The lowest BCUT2D eigenvalue weighted by atomic mass is 9.47. The van der Waals surface area contributed by atoms with Gasteiger partial charge in [0.15, 0.2) is 0 Å². The summed E-state index contributed by atoms with van der Waals surface area (Å²) in [5.41, 5.74) is 2.20. The molecule has 3 saturated carbocycles. The van der Waals surface area contributed by atoms with Crippen LogP contribution in [-0.2, 0) is 13.8 Å². The smallest absolute Gasteiger partial charge is 0.267 e. The third-order valence-corrected chi connectivity index (χ3v) is 13.1. The van der Waals surface area contributed by atoms with Gasteiger partial charge in [-0.1, -0.05) is 66.0 Å². The molecule has 0 saturated heterocycles. The molecule has 6 nitrogen and oxygen atoms in total. The minimum atomic E-state index is -4.88. The molecule has 0 spiro atoms. The van der Waals surface area contributed by atoms with E-state index in [1.165, 1.54) is 56.9 Å². The highest BCUT2D eigenvalue weighted by molar-refractivity contribution is 7.44. The van der Waals surface area contributed by atoms with Crippen LogP contribution in [0.25, 0.3) is 0 Å². The number of ether oxygens (including phenoxy) is 1. The van der Waals surface area contributed by atoms with Gasteiger partial charge in [-0.05, 0) is 110 Å². The van der Waals surface area contributed by atoms with Crippen LogP contribution in [0.15, 0.2) is 11.6 Å². The second-order valence-corrected chi connectivity index (χ2v) is 17.6. The van der Waals surface area contributed by atoms with E-state index in [1.807, 2.05) is 21.1 Å². The minimum absolute atomic E-state index is 0.0858. The van der Waals surface area contributed by atoms with Crippen LogP contribution < -0.4 is 4.89 Å². The Morgan fingerprint density at radius 2 is 1.78 bits per heavy atom. The molecule has 0 heterocycles. The van der Waals surface area contributed by atoms with E-state index >= 15 is 0 Å². The van der Waals surface area contributed by atoms with Crippen LogP contribution in [0.3, 0.4) is 0 Å². The van der Waals surface area contributed by atoms with E-state index in [0.717, 1.165) is 60.7 Å². The molecule has 0 aromatic heterocycles. The van der Waals surface area contributed by atoms with Gasteiger partial charge < -0.3 is 19.0 Å². The summed E-state index contributed by atoms with van der Waals surface area (Å²) in [6.45, 7) is 15.3. The Labute approximate surface area is 251 Å². The van der Waals surface area contributed by atoms with Crippen molar-refractivity contribution < 1.29 is 28.1 Å². The van der Waals surface area contributed by atoms with Crippen LogP contribution >= 0.6 is 7.82 Å². The molecule has 238 valence electrons. The maximum absolute atomic E-state index is 11.6. The number of phosphoric acid groups is 1. The van der Waals surface area contributed by atoms with Crippen LogP contribution in [0.2, 0.25) is 0 Å². The van der Waals surface area contributed by atoms with Crippen molar-refractivity contribution in [3.63, 3.8) is 0 Å². The molecule has 7 heteroatoms. The van der Waals surface area contributed by atoms with Crippen molar-refractivity contribution in [2.24, 2.45) is 52.3 Å². The molecule has 0 bridgehead atoms. The van der Waals surface area contributed by atoms with Crippen LogP contribution in [-0.4, -0.2) is 49.5 Å². The molecular weight excluding hydrogens is 533 g/mol. The summed E-state index contributed by atoms with van der Waals surface area (Å²) in [6, 6.07) is 0. The molecule has 4 aliphatic carbocycles. The quantitative estimate of drug-likeness (QED) is 0.109. The number of likely N-dealkylation sites (N-methyl/N-ethyl adjacent to an activating group) is 1. The third kappa shape index (κ3) is 7.54. The molecule has 5 unspecified atom stereocenters. The molecule has 0 aliphatic heterocycles. The van der Waals surface area contributed by atoms with Crippen LogP contribution in [0.4, 0.5) is 0 Å². The number of hydrogen-bond acceptors (Lipinski definition) is 4. The van der Waals surface area contributed by atoms with Gasteiger partial charge in [-0.25, -0.2) is 0 Å². The van der Waals surface area contributed by atoms with Gasteiger partial charge in [0.1, 0.15) is 6.54 Å². The molecule has 4 rings (SSSR count). The summed E-state index contributed by atoms with van der Waals surface area (Å²) in [7, 11) is 1.01. The summed E-state index contributed by atoms with van der Waals surface area (Å²) in [5, 5.41) is 0. The van der Waals surface area contributed by atoms with Crippen molar-refractivity contribution in [1.82, 2.24) is 0 Å². The van der Waals surface area contributed by atoms with Gasteiger partial charge in [0.2, 0.25) is 6.29 Å². The highest BCUT2D eigenvalue weighted by Gasteiger charge is 2.59. The summed E-state index contributed by atoms with van der Waals surface area (Å²) < 4.78 is 23.3. The number of quaternary nitrogens is 1. The molecular formula is C34H62NO5P. The Morgan fingerprint density at radius 1 is 1.07 bits per heavy atom. The van der Waals surface area contributed by atoms with E-state index < -0.39 is 14.1 Å². The SMILES string of the molecule is CC[C@H](CC[C@@H](C)[C@H]1CCC2C3CC=C4C[C@@H](OC(C[N+](C)(C)C)OP(=O)([O-])O)CC[C@]4(C)C3CC[C@@]21C)C(C)C. The molecule has 0 amide bonds. The first-order chi connectivity index (χ1) is 19.0. The lowest BCUT2D eigenvalue weighted by Gasteiger charge is -2.58. The fraction of sp³-hybridized carbons (Fsp3) is 0.941. The van der Waals surface area contributed by atoms with E-state index in [1.54, 1.807) is 0 Å². The normalized spacial score (nSPS) is 39.2. The average molecular weight is 596 g/mol. The molecule has 1 N–H and O–H groups in total. The Bertz CT molecular complexity index is 971. The zero-order valence-electron chi connectivity index (χ0n) is 27.7. The molecule has 3 fully saturated rings. The van der Waals surface area contributed by atoms with E-state index in [0.29, 0.717) is 16.4 Å². The van der Waals surface area contributed by atoms with E-state index in [2.05, 4.69) is 47.6 Å². The minimum Gasteiger partial charge on any atom is -0.756 e. The first-order valence-electron chi connectivity index (χ1n) is 16.8. The van der Waals surface area contributed by atoms with Crippen LogP contribution in [0.1, 0.15) is 112 Å². The molecule has 11 atom stereocenters. The first kappa shape index (κ1) is 33.7. The monoisotopic (exact) mass is 595 g/mol. The average Bonchev–Trinajstić information content (AvgIpc) is 3.19. The van der Waals surface area contributed by atoms with Crippen molar-refractivity contribution in [2.45, 2.75) is 125 Å². The summed E-state index contributed by atoms with van der Waals surface area (Å²) in [6.07, 6.45) is 15.1. The summed E-state index contributed by atoms with van der Waals surface area (Å²) in [5.74, 6) is 5.69. The van der Waals surface area contributed by atoms with Gasteiger partial charge in [0.25, 0.3) is 7.82 Å². The number of fused-ring (bicyclic) bond motifs is 5. The fourth-order valence-corrected chi connectivity index (χ4v) is 10.7. The van der Waals surface area contributed by atoms with Gasteiger partial charge in [-0.3, -0.25) is 9.09 Å². The van der Waals surface area contributed by atoms with Crippen molar-refractivity contribution in [3.8, 4) is 0 Å². The maximum atomic E-state index is 11.6. The third-order valence-electron chi connectivity index (χ3n) is 12.6. The number of hydrogen-bond donors (Lipinski definition) is 1. The van der Waals surface area contributed by atoms with Crippen molar-refractivity contribution in [3.05, 3.63) is 11.6 Å².